The van der Waals surface area contributed by atoms with E-state index in [4.69, 9.17) is 21.1 Å². The minimum absolute atomic E-state index is 0.370. The van der Waals surface area contributed by atoms with E-state index in [1.54, 1.807) is 25.9 Å². The Hall–Kier alpha value is -0.930. The highest BCUT2D eigenvalue weighted by atomic mass is 127. The highest BCUT2D eigenvalue weighted by Crippen LogP contribution is 2.32. The fraction of sp³-hybridized carbons (Fsp3) is 0.417. The lowest BCUT2D eigenvalue weighted by molar-refractivity contribution is 0.181. The summed E-state index contributed by atoms with van der Waals surface area (Å²) in [5, 5.41) is 4.72. The van der Waals surface area contributed by atoms with Gasteiger partial charge in [-0.05, 0) is 29.5 Å². The van der Waals surface area contributed by atoms with Crippen molar-refractivity contribution >= 4 is 34.2 Å². The van der Waals surface area contributed by atoms with Crippen LogP contribution in [0.3, 0.4) is 0 Å². The molecular formula is C12H14ClIN4O2. The van der Waals surface area contributed by atoms with Crippen molar-refractivity contribution in [3.8, 4) is 17.3 Å². The largest absolute Gasteiger partial charge is 0.481 e. The van der Waals surface area contributed by atoms with Crippen molar-refractivity contribution in [2.24, 2.45) is 7.05 Å². The van der Waals surface area contributed by atoms with Gasteiger partial charge in [-0.15, -0.1) is 0 Å². The van der Waals surface area contributed by atoms with Crippen molar-refractivity contribution < 1.29 is 9.47 Å². The number of halogens is 2. The van der Waals surface area contributed by atoms with Crippen molar-refractivity contribution in [1.29, 1.82) is 0 Å². The first kappa shape index (κ1) is 15.5. The fourth-order valence-electron chi connectivity index (χ4n) is 1.94. The molecule has 6 nitrogen and oxygen atoms in total. The van der Waals surface area contributed by atoms with Gasteiger partial charge in [0.25, 0.3) is 0 Å². The van der Waals surface area contributed by atoms with Gasteiger partial charge in [-0.3, -0.25) is 0 Å². The summed E-state index contributed by atoms with van der Waals surface area (Å²) in [7, 11) is 5.01. The highest BCUT2D eigenvalue weighted by Gasteiger charge is 2.21. The Kier molecular flexibility index (Phi) is 4.82. The molecule has 0 saturated carbocycles. The van der Waals surface area contributed by atoms with Gasteiger partial charge in [-0.1, -0.05) is 11.6 Å². The quantitative estimate of drug-likeness (QED) is 0.575. The molecule has 0 aliphatic rings. The van der Waals surface area contributed by atoms with Gasteiger partial charge in [-0.25, -0.2) is 14.6 Å². The van der Waals surface area contributed by atoms with Gasteiger partial charge >= 0.3 is 0 Å². The molecule has 20 heavy (non-hydrogen) atoms. The Balaban J connectivity index is 2.64. The average Bonchev–Trinajstić information content (AvgIpc) is 2.69. The molecule has 108 valence electrons. The second-order valence-corrected chi connectivity index (χ2v) is 5.56. The molecule has 2 rings (SSSR count). The summed E-state index contributed by atoms with van der Waals surface area (Å²) >= 11 is 8.28. The van der Waals surface area contributed by atoms with E-state index in [0.29, 0.717) is 23.5 Å². The van der Waals surface area contributed by atoms with Crippen LogP contribution in [-0.2, 0) is 18.4 Å². The summed E-state index contributed by atoms with van der Waals surface area (Å²) in [5.74, 6) is 1.09. The topological polar surface area (TPSA) is 62.1 Å². The SMILES string of the molecule is COCc1nc(-c2c(C)nn(C)c2OC)nc(Cl)c1I. The Morgan fingerprint density at radius 3 is 2.60 bits per heavy atom. The number of aryl methyl sites for hydroxylation is 2. The molecule has 2 heterocycles. The minimum Gasteiger partial charge on any atom is -0.481 e. The van der Waals surface area contributed by atoms with Gasteiger partial charge < -0.3 is 9.47 Å². The van der Waals surface area contributed by atoms with Crippen LogP contribution in [-0.4, -0.2) is 34.0 Å². The van der Waals surface area contributed by atoms with Crippen LogP contribution < -0.4 is 4.74 Å². The molecule has 0 amide bonds. The molecule has 0 fully saturated rings. The van der Waals surface area contributed by atoms with E-state index in [1.807, 2.05) is 6.92 Å². The molecule has 0 aliphatic heterocycles. The molecule has 0 saturated heterocycles. The number of rotatable bonds is 4. The molecule has 2 aromatic rings. The van der Waals surface area contributed by atoms with Gasteiger partial charge in [0.15, 0.2) is 5.82 Å². The third-order valence-corrected chi connectivity index (χ3v) is 4.47. The standard InChI is InChI=1S/C12H14ClIN4O2/c1-6-8(12(20-4)18(2)17-6)11-15-7(5-19-3)9(14)10(13)16-11/h5H2,1-4H3. The van der Waals surface area contributed by atoms with Crippen LogP contribution in [0.4, 0.5) is 0 Å². The summed E-state index contributed by atoms with van der Waals surface area (Å²) in [6, 6.07) is 0. The maximum Gasteiger partial charge on any atom is 0.222 e. The second-order valence-electron chi connectivity index (χ2n) is 4.13. The molecule has 0 radical (unpaired) electrons. The lowest BCUT2D eigenvalue weighted by Crippen LogP contribution is -2.03. The molecule has 0 spiro atoms. The highest BCUT2D eigenvalue weighted by molar-refractivity contribution is 14.1. The number of hydrogen-bond donors (Lipinski definition) is 0. The Bertz CT molecular complexity index is 645. The third-order valence-electron chi connectivity index (χ3n) is 2.75. The average molecular weight is 409 g/mol. The fourth-order valence-corrected chi connectivity index (χ4v) is 2.52. The monoisotopic (exact) mass is 408 g/mol. The zero-order valence-electron chi connectivity index (χ0n) is 11.6. The number of hydrogen-bond acceptors (Lipinski definition) is 5. The van der Waals surface area contributed by atoms with Gasteiger partial charge in [-0.2, -0.15) is 5.10 Å². The first-order valence-corrected chi connectivity index (χ1v) is 7.24. The van der Waals surface area contributed by atoms with Crippen molar-refractivity contribution in [3.05, 3.63) is 20.1 Å². The summed E-state index contributed by atoms with van der Waals surface area (Å²) in [5.41, 5.74) is 2.27. The molecule has 0 unspecified atom stereocenters. The number of aromatic nitrogens is 4. The predicted octanol–water partition coefficient (Wildman–Crippen LogP) is 2.60. The van der Waals surface area contributed by atoms with Crippen molar-refractivity contribution in [2.75, 3.05) is 14.2 Å². The summed E-state index contributed by atoms with van der Waals surface area (Å²) in [4.78, 5) is 8.84. The van der Waals surface area contributed by atoms with Crippen molar-refractivity contribution in [1.82, 2.24) is 19.7 Å². The zero-order valence-corrected chi connectivity index (χ0v) is 14.5. The van der Waals surface area contributed by atoms with Gasteiger partial charge in [0.2, 0.25) is 5.88 Å². The zero-order chi connectivity index (χ0) is 14.9. The summed E-state index contributed by atoms with van der Waals surface area (Å²) in [6.07, 6.45) is 0. The number of ether oxygens (including phenoxy) is 2. The smallest absolute Gasteiger partial charge is 0.222 e. The first-order chi connectivity index (χ1) is 9.49. The van der Waals surface area contributed by atoms with Crippen LogP contribution in [0, 0.1) is 10.5 Å². The van der Waals surface area contributed by atoms with Gasteiger partial charge in [0.1, 0.15) is 10.7 Å². The number of methoxy groups -OCH3 is 2. The molecule has 0 aromatic carbocycles. The normalized spacial score (nSPS) is 10.9. The van der Waals surface area contributed by atoms with Crippen LogP contribution in [0.15, 0.2) is 0 Å². The summed E-state index contributed by atoms with van der Waals surface area (Å²) in [6.45, 7) is 2.25. The van der Waals surface area contributed by atoms with Gasteiger partial charge in [0, 0.05) is 14.2 Å². The molecule has 0 aliphatic carbocycles. The van der Waals surface area contributed by atoms with E-state index in [-0.39, 0.29) is 0 Å². The van der Waals surface area contributed by atoms with Crippen LogP contribution >= 0.6 is 34.2 Å². The maximum atomic E-state index is 6.18. The van der Waals surface area contributed by atoms with Crippen LogP contribution in [0.2, 0.25) is 5.15 Å². The van der Waals surface area contributed by atoms with E-state index in [9.17, 15) is 0 Å². The minimum atomic E-state index is 0.370. The van der Waals surface area contributed by atoms with E-state index < -0.39 is 0 Å². The molecule has 0 bridgehead atoms. The van der Waals surface area contributed by atoms with Crippen LogP contribution in [0.25, 0.3) is 11.4 Å². The van der Waals surface area contributed by atoms with Crippen LogP contribution in [0.5, 0.6) is 5.88 Å². The third kappa shape index (κ3) is 2.75. The van der Waals surface area contributed by atoms with E-state index in [1.165, 1.54) is 0 Å². The van der Waals surface area contributed by atoms with Gasteiger partial charge in [0.05, 0.1) is 28.7 Å². The van der Waals surface area contributed by atoms with E-state index in [0.717, 1.165) is 20.5 Å². The summed E-state index contributed by atoms with van der Waals surface area (Å²) < 4.78 is 12.9. The predicted molar refractivity (Wildman–Crippen MR) is 84.0 cm³/mol. The molecule has 8 heteroatoms. The lowest BCUT2D eigenvalue weighted by Gasteiger charge is -2.08. The Morgan fingerprint density at radius 2 is 2.00 bits per heavy atom. The first-order valence-electron chi connectivity index (χ1n) is 5.78. The lowest BCUT2D eigenvalue weighted by atomic mass is 10.2. The van der Waals surface area contributed by atoms with Crippen LogP contribution in [0.1, 0.15) is 11.4 Å². The molecular weight excluding hydrogens is 395 g/mol. The Labute approximate surface area is 135 Å². The number of nitrogens with zero attached hydrogens (tertiary/aromatic N) is 4. The second kappa shape index (κ2) is 6.23. The molecule has 2 aromatic heterocycles. The van der Waals surface area contributed by atoms with E-state index in [2.05, 4.69) is 37.7 Å². The molecule has 0 atom stereocenters. The van der Waals surface area contributed by atoms with E-state index >= 15 is 0 Å². The molecule has 0 N–H and O–H groups in total. The Morgan fingerprint density at radius 1 is 1.30 bits per heavy atom. The van der Waals surface area contributed by atoms with Crippen molar-refractivity contribution in [2.45, 2.75) is 13.5 Å². The maximum absolute atomic E-state index is 6.18. The van der Waals surface area contributed by atoms with Crippen molar-refractivity contribution in [3.63, 3.8) is 0 Å².